The molecule has 0 spiro atoms. The molecule has 0 aliphatic rings. The molecule has 2 aromatic heterocycles. The lowest BCUT2D eigenvalue weighted by molar-refractivity contribution is 0.0951. The first kappa shape index (κ1) is 16.6. The van der Waals surface area contributed by atoms with E-state index in [-0.39, 0.29) is 18.3 Å². The Morgan fingerprint density at radius 3 is 2.75 bits per heavy atom. The number of nitrogens with zero attached hydrogens (tertiary/aromatic N) is 1. The van der Waals surface area contributed by atoms with Crippen LogP contribution in [-0.4, -0.2) is 10.9 Å². The van der Waals surface area contributed by atoms with Gasteiger partial charge in [-0.2, -0.15) is 0 Å². The number of thiophene rings is 1. The van der Waals surface area contributed by atoms with E-state index in [4.69, 9.17) is 5.73 Å². The van der Waals surface area contributed by atoms with Gasteiger partial charge in [-0.1, -0.05) is 6.92 Å². The summed E-state index contributed by atoms with van der Waals surface area (Å²) in [7, 11) is 0. The summed E-state index contributed by atoms with van der Waals surface area (Å²) >= 11 is 1.73. The van der Waals surface area contributed by atoms with Crippen LogP contribution in [0.1, 0.15) is 32.7 Å². The van der Waals surface area contributed by atoms with Crippen molar-refractivity contribution in [3.8, 4) is 0 Å². The summed E-state index contributed by atoms with van der Waals surface area (Å²) in [5, 5.41) is 2.91. The molecular weight excluding hydrogens is 294 g/mol. The van der Waals surface area contributed by atoms with E-state index >= 15 is 0 Å². The van der Waals surface area contributed by atoms with Crippen molar-refractivity contribution in [2.24, 2.45) is 5.73 Å². The number of halogens is 1. The first-order valence-corrected chi connectivity index (χ1v) is 7.05. The zero-order valence-electron chi connectivity index (χ0n) is 11.3. The molecule has 0 aromatic carbocycles. The lowest BCUT2D eigenvalue weighted by Gasteiger charge is -2.04. The van der Waals surface area contributed by atoms with Crippen molar-refractivity contribution in [1.82, 2.24) is 10.3 Å². The monoisotopic (exact) mass is 311 g/mol. The maximum Gasteiger partial charge on any atom is 0.251 e. The van der Waals surface area contributed by atoms with Gasteiger partial charge in [0.1, 0.15) is 0 Å². The number of hydrogen-bond donors (Lipinski definition) is 2. The molecule has 0 unspecified atom stereocenters. The van der Waals surface area contributed by atoms with Gasteiger partial charge in [0.2, 0.25) is 0 Å². The van der Waals surface area contributed by atoms with E-state index in [1.807, 2.05) is 0 Å². The molecule has 0 fully saturated rings. The van der Waals surface area contributed by atoms with Crippen molar-refractivity contribution in [3.63, 3.8) is 0 Å². The molecule has 6 heteroatoms. The molecule has 0 saturated carbocycles. The summed E-state index contributed by atoms with van der Waals surface area (Å²) in [5.41, 5.74) is 6.83. The summed E-state index contributed by atoms with van der Waals surface area (Å²) in [6.45, 7) is 3.02. The number of carbonyl (C=O) groups excluding carboxylic acids is 1. The second-order valence-electron chi connectivity index (χ2n) is 4.14. The van der Waals surface area contributed by atoms with Crippen molar-refractivity contribution in [3.05, 3.63) is 51.5 Å². The first-order valence-electron chi connectivity index (χ1n) is 6.23. The van der Waals surface area contributed by atoms with E-state index in [2.05, 4.69) is 29.4 Å². The minimum absolute atomic E-state index is 0. The molecule has 0 bridgehead atoms. The molecule has 3 N–H and O–H groups in total. The second kappa shape index (κ2) is 7.99. The van der Waals surface area contributed by atoms with Gasteiger partial charge in [-0.3, -0.25) is 9.78 Å². The van der Waals surface area contributed by atoms with Gasteiger partial charge in [0, 0.05) is 28.1 Å². The Bertz CT molecular complexity index is 571. The number of pyridine rings is 1. The van der Waals surface area contributed by atoms with Gasteiger partial charge in [-0.15, -0.1) is 23.7 Å². The second-order valence-corrected chi connectivity index (χ2v) is 5.40. The SMILES string of the molecule is CCc1ccc(CNC(=O)c2ccnc(CN)c2)s1.Cl. The molecule has 4 nitrogen and oxygen atoms in total. The van der Waals surface area contributed by atoms with Gasteiger partial charge in [0.05, 0.1) is 12.2 Å². The molecule has 1 amide bonds. The smallest absolute Gasteiger partial charge is 0.251 e. The number of amides is 1. The average Bonchev–Trinajstić information content (AvgIpc) is 2.93. The third-order valence-electron chi connectivity index (χ3n) is 2.78. The van der Waals surface area contributed by atoms with Crippen LogP contribution in [0, 0.1) is 0 Å². The van der Waals surface area contributed by atoms with Crippen molar-refractivity contribution in [1.29, 1.82) is 0 Å². The number of hydrogen-bond acceptors (Lipinski definition) is 4. The van der Waals surface area contributed by atoms with Gasteiger partial charge >= 0.3 is 0 Å². The van der Waals surface area contributed by atoms with Gasteiger partial charge in [-0.05, 0) is 30.7 Å². The van der Waals surface area contributed by atoms with Crippen LogP contribution in [-0.2, 0) is 19.5 Å². The zero-order chi connectivity index (χ0) is 13.7. The molecule has 0 radical (unpaired) electrons. The van der Waals surface area contributed by atoms with E-state index in [1.165, 1.54) is 9.75 Å². The van der Waals surface area contributed by atoms with Crippen LogP contribution in [0.5, 0.6) is 0 Å². The Labute approximate surface area is 128 Å². The molecule has 108 valence electrons. The molecular formula is C14H18ClN3OS. The topological polar surface area (TPSA) is 68.0 Å². The fraction of sp³-hybridized carbons (Fsp3) is 0.286. The van der Waals surface area contributed by atoms with Crippen LogP contribution in [0.4, 0.5) is 0 Å². The molecule has 2 heterocycles. The van der Waals surface area contributed by atoms with Crippen molar-refractivity contribution < 1.29 is 4.79 Å². The number of rotatable bonds is 5. The highest BCUT2D eigenvalue weighted by atomic mass is 35.5. The number of carbonyl (C=O) groups is 1. The van der Waals surface area contributed by atoms with E-state index in [1.54, 1.807) is 29.7 Å². The van der Waals surface area contributed by atoms with E-state index < -0.39 is 0 Å². The van der Waals surface area contributed by atoms with Crippen LogP contribution in [0.2, 0.25) is 0 Å². The average molecular weight is 312 g/mol. The molecule has 0 aliphatic heterocycles. The Hall–Kier alpha value is -1.43. The van der Waals surface area contributed by atoms with Crippen molar-refractivity contribution in [2.45, 2.75) is 26.4 Å². The normalized spacial score (nSPS) is 9.90. The zero-order valence-corrected chi connectivity index (χ0v) is 12.9. The quantitative estimate of drug-likeness (QED) is 0.891. The number of aryl methyl sites for hydroxylation is 1. The Kier molecular flexibility index (Phi) is 6.64. The van der Waals surface area contributed by atoms with E-state index in [0.29, 0.717) is 18.7 Å². The minimum atomic E-state index is -0.0939. The van der Waals surface area contributed by atoms with Crippen LogP contribution >= 0.6 is 23.7 Å². The third-order valence-corrected chi connectivity index (χ3v) is 4.01. The predicted octanol–water partition coefficient (Wildman–Crippen LogP) is 2.52. The number of aromatic nitrogens is 1. The standard InChI is InChI=1S/C14H17N3OS.ClH/c1-2-12-3-4-13(19-12)9-17-14(18)10-5-6-16-11(7-10)8-15;/h3-7H,2,8-9,15H2,1H3,(H,17,18);1H. The van der Waals surface area contributed by atoms with Crippen molar-refractivity contribution in [2.75, 3.05) is 0 Å². The predicted molar refractivity (Wildman–Crippen MR) is 84.2 cm³/mol. The summed E-state index contributed by atoms with van der Waals surface area (Å²) in [4.78, 5) is 18.6. The number of nitrogens with one attached hydrogen (secondary N) is 1. The van der Waals surface area contributed by atoms with Crippen LogP contribution in [0.3, 0.4) is 0 Å². The van der Waals surface area contributed by atoms with Crippen molar-refractivity contribution >= 4 is 29.7 Å². The van der Waals surface area contributed by atoms with Crippen LogP contribution in [0.15, 0.2) is 30.5 Å². The fourth-order valence-electron chi connectivity index (χ4n) is 1.71. The molecule has 0 atom stereocenters. The van der Waals surface area contributed by atoms with E-state index in [0.717, 1.165) is 12.1 Å². The number of nitrogens with two attached hydrogens (primary N) is 1. The Balaban J connectivity index is 0.00000200. The molecule has 0 aliphatic carbocycles. The van der Waals surface area contributed by atoms with Gasteiger partial charge in [0.25, 0.3) is 5.91 Å². The summed E-state index contributed by atoms with van der Waals surface area (Å²) in [6.07, 6.45) is 2.64. The maximum atomic E-state index is 12.0. The Morgan fingerprint density at radius 2 is 2.10 bits per heavy atom. The van der Waals surface area contributed by atoms with Crippen LogP contribution in [0.25, 0.3) is 0 Å². The highest BCUT2D eigenvalue weighted by Gasteiger charge is 2.07. The summed E-state index contributed by atoms with van der Waals surface area (Å²) in [5.74, 6) is -0.0939. The molecule has 2 rings (SSSR count). The van der Waals surface area contributed by atoms with Gasteiger partial charge in [-0.25, -0.2) is 0 Å². The first-order chi connectivity index (χ1) is 9.22. The van der Waals surface area contributed by atoms with Crippen LogP contribution < -0.4 is 11.1 Å². The van der Waals surface area contributed by atoms with E-state index in [9.17, 15) is 4.79 Å². The minimum Gasteiger partial charge on any atom is -0.347 e. The fourth-order valence-corrected chi connectivity index (χ4v) is 2.61. The molecule has 20 heavy (non-hydrogen) atoms. The third kappa shape index (κ3) is 4.30. The summed E-state index contributed by atoms with van der Waals surface area (Å²) in [6, 6.07) is 7.58. The highest BCUT2D eigenvalue weighted by molar-refractivity contribution is 7.11. The highest BCUT2D eigenvalue weighted by Crippen LogP contribution is 2.16. The molecule has 2 aromatic rings. The van der Waals surface area contributed by atoms with Gasteiger partial charge in [0.15, 0.2) is 0 Å². The molecule has 0 saturated heterocycles. The Morgan fingerprint density at radius 1 is 1.35 bits per heavy atom. The lowest BCUT2D eigenvalue weighted by Crippen LogP contribution is -2.22. The lowest BCUT2D eigenvalue weighted by atomic mass is 10.2. The van der Waals surface area contributed by atoms with Gasteiger partial charge < -0.3 is 11.1 Å². The largest absolute Gasteiger partial charge is 0.347 e. The summed E-state index contributed by atoms with van der Waals surface area (Å²) < 4.78 is 0. The maximum absolute atomic E-state index is 12.0.